The van der Waals surface area contributed by atoms with Crippen LogP contribution >= 0.6 is 0 Å². The highest BCUT2D eigenvalue weighted by Gasteiger charge is 2.52. The van der Waals surface area contributed by atoms with Crippen molar-refractivity contribution in [3.63, 3.8) is 0 Å². The van der Waals surface area contributed by atoms with Gasteiger partial charge in [0, 0.05) is 55.2 Å². The molecule has 0 radical (unpaired) electrons. The number of likely N-dealkylation sites (tertiary alicyclic amines) is 1. The molecule has 1 unspecified atom stereocenters. The minimum atomic E-state index is 0.497. The number of hydrogen-bond acceptors (Lipinski definition) is 5. The van der Waals surface area contributed by atoms with Crippen molar-refractivity contribution >= 4 is 17.1 Å². The molecule has 5 nitrogen and oxygen atoms in total. The number of pyridine rings is 1. The fraction of sp³-hybridized carbons (Fsp3) is 0.409. The summed E-state index contributed by atoms with van der Waals surface area (Å²) in [6.45, 7) is 10.8. The average molecular weight is 364 g/mol. The Morgan fingerprint density at radius 3 is 2.81 bits per heavy atom. The van der Waals surface area contributed by atoms with Crippen LogP contribution in [0.4, 0.5) is 17.1 Å². The van der Waals surface area contributed by atoms with Crippen LogP contribution < -0.4 is 16.0 Å². The molecule has 1 spiro atoms. The quantitative estimate of drug-likeness (QED) is 0.739. The first-order chi connectivity index (χ1) is 13.1. The van der Waals surface area contributed by atoms with Crippen molar-refractivity contribution in [1.82, 2.24) is 9.88 Å². The van der Waals surface area contributed by atoms with Crippen molar-refractivity contribution in [2.45, 2.75) is 25.8 Å². The molecule has 3 heterocycles. The Labute approximate surface area is 161 Å². The second-order valence-electron chi connectivity index (χ2n) is 8.13. The molecule has 0 amide bonds. The van der Waals surface area contributed by atoms with E-state index in [0.29, 0.717) is 11.5 Å². The number of aromatic nitrogens is 1. The van der Waals surface area contributed by atoms with Gasteiger partial charge in [0.05, 0.1) is 11.9 Å². The van der Waals surface area contributed by atoms with Gasteiger partial charge in [-0.2, -0.15) is 0 Å². The van der Waals surface area contributed by atoms with Gasteiger partial charge in [0.25, 0.3) is 0 Å². The van der Waals surface area contributed by atoms with Gasteiger partial charge in [0.1, 0.15) is 0 Å². The van der Waals surface area contributed by atoms with Gasteiger partial charge < -0.3 is 16.0 Å². The molecule has 27 heavy (non-hydrogen) atoms. The molecule has 0 saturated carbocycles. The summed E-state index contributed by atoms with van der Waals surface area (Å²) in [4.78, 5) is 9.29. The van der Waals surface area contributed by atoms with Crippen molar-refractivity contribution in [3.05, 3.63) is 61.1 Å². The summed E-state index contributed by atoms with van der Waals surface area (Å²) >= 11 is 0. The van der Waals surface area contributed by atoms with E-state index in [4.69, 9.17) is 5.73 Å². The van der Waals surface area contributed by atoms with Gasteiger partial charge in [0.2, 0.25) is 0 Å². The van der Waals surface area contributed by atoms with Crippen molar-refractivity contribution in [2.75, 3.05) is 42.1 Å². The molecular weight excluding hydrogens is 334 g/mol. The maximum absolute atomic E-state index is 5.98. The third-order valence-electron chi connectivity index (χ3n) is 5.98. The smallest absolute Gasteiger partial charge is 0.0553 e. The van der Waals surface area contributed by atoms with Gasteiger partial charge in [-0.15, -0.1) is 0 Å². The Morgan fingerprint density at radius 1 is 1.30 bits per heavy atom. The molecule has 142 valence electrons. The topological polar surface area (TPSA) is 57.4 Å². The first kappa shape index (κ1) is 17.9. The third-order valence-corrected chi connectivity index (χ3v) is 5.98. The number of nitrogen functional groups attached to an aromatic ring is 1. The van der Waals surface area contributed by atoms with Gasteiger partial charge in [-0.25, -0.2) is 0 Å². The van der Waals surface area contributed by atoms with Crippen LogP contribution in [0.25, 0.3) is 0 Å². The summed E-state index contributed by atoms with van der Waals surface area (Å²) in [7, 11) is 0. The van der Waals surface area contributed by atoms with Crippen LogP contribution in [0.3, 0.4) is 0 Å². The minimum Gasteiger partial charge on any atom is -0.399 e. The number of nitrogens with zero attached hydrogens (tertiary/aromatic N) is 3. The lowest BCUT2D eigenvalue weighted by Crippen LogP contribution is -2.73. The highest BCUT2D eigenvalue weighted by molar-refractivity contribution is 5.59. The molecule has 3 N–H and O–H groups in total. The second-order valence-corrected chi connectivity index (χ2v) is 8.13. The van der Waals surface area contributed by atoms with E-state index in [1.807, 2.05) is 30.6 Å². The van der Waals surface area contributed by atoms with Crippen LogP contribution in [0.2, 0.25) is 0 Å². The lowest BCUT2D eigenvalue weighted by molar-refractivity contribution is -0.0471. The van der Waals surface area contributed by atoms with Crippen LogP contribution in [0.1, 0.15) is 18.9 Å². The zero-order valence-corrected chi connectivity index (χ0v) is 16.1. The Bertz CT molecular complexity index is 790. The normalized spacial score (nSPS) is 19.2. The first-order valence-electron chi connectivity index (χ1n) is 9.73. The molecule has 1 aromatic heterocycles. The fourth-order valence-electron chi connectivity index (χ4n) is 4.43. The Kier molecular flexibility index (Phi) is 4.79. The summed E-state index contributed by atoms with van der Waals surface area (Å²) in [6, 6.07) is 10.8. The van der Waals surface area contributed by atoms with Gasteiger partial charge in [-0.3, -0.25) is 9.88 Å². The maximum Gasteiger partial charge on any atom is 0.0553 e. The van der Waals surface area contributed by atoms with Crippen LogP contribution in [-0.4, -0.2) is 42.1 Å². The molecule has 2 aliphatic rings. The molecule has 1 aromatic carbocycles. The summed E-state index contributed by atoms with van der Waals surface area (Å²) in [6.07, 6.45) is 7.68. The Morgan fingerprint density at radius 2 is 2.11 bits per heavy atom. The van der Waals surface area contributed by atoms with Gasteiger partial charge in [-0.1, -0.05) is 6.58 Å². The molecule has 2 aromatic rings. The standard InChI is InChI=1S/C22H29N5/c1-3-25-21-9-8-19(23)11-18(21)7-6-17(2)26-13-22(14-26)15-27(16-22)20-5-4-10-24-12-20/h3-5,8-12,17,25H,1,6-7,13-16,23H2,2H3. The van der Waals surface area contributed by atoms with E-state index < -0.39 is 0 Å². The minimum absolute atomic E-state index is 0.497. The van der Waals surface area contributed by atoms with Crippen molar-refractivity contribution in [3.8, 4) is 0 Å². The number of nitrogens with one attached hydrogen (secondary N) is 1. The van der Waals surface area contributed by atoms with E-state index in [2.05, 4.69) is 45.7 Å². The SMILES string of the molecule is C=CNc1ccc(N)cc1CCC(C)N1CC2(CN(c3cccnc3)C2)C1. The molecule has 4 rings (SSSR count). The highest BCUT2D eigenvalue weighted by Crippen LogP contribution is 2.42. The fourth-order valence-corrected chi connectivity index (χ4v) is 4.43. The monoisotopic (exact) mass is 363 g/mol. The second kappa shape index (κ2) is 7.24. The predicted octanol–water partition coefficient (Wildman–Crippen LogP) is 3.36. The number of benzene rings is 1. The summed E-state index contributed by atoms with van der Waals surface area (Å²) < 4.78 is 0. The van der Waals surface area contributed by atoms with E-state index in [0.717, 1.165) is 37.3 Å². The van der Waals surface area contributed by atoms with Crippen molar-refractivity contribution in [2.24, 2.45) is 5.41 Å². The maximum atomic E-state index is 5.98. The van der Waals surface area contributed by atoms with E-state index in [1.165, 1.54) is 24.3 Å². The highest BCUT2D eigenvalue weighted by atomic mass is 15.3. The van der Waals surface area contributed by atoms with Crippen molar-refractivity contribution < 1.29 is 0 Å². The van der Waals surface area contributed by atoms with Gasteiger partial charge >= 0.3 is 0 Å². The average Bonchev–Trinajstić information content (AvgIpc) is 2.60. The molecule has 0 aliphatic carbocycles. The summed E-state index contributed by atoms with van der Waals surface area (Å²) in [5, 5.41) is 3.22. The Balaban J connectivity index is 1.26. The van der Waals surface area contributed by atoms with Gasteiger partial charge in [0.15, 0.2) is 0 Å². The lowest BCUT2D eigenvalue weighted by atomic mass is 9.71. The Hall–Kier alpha value is -2.53. The van der Waals surface area contributed by atoms with Crippen LogP contribution in [0.15, 0.2) is 55.5 Å². The molecule has 2 fully saturated rings. The molecule has 0 bridgehead atoms. The van der Waals surface area contributed by atoms with Crippen molar-refractivity contribution in [1.29, 1.82) is 0 Å². The predicted molar refractivity (Wildman–Crippen MR) is 113 cm³/mol. The number of hydrogen-bond donors (Lipinski definition) is 2. The first-order valence-corrected chi connectivity index (χ1v) is 9.73. The van der Waals surface area contributed by atoms with Crippen LogP contribution in [0, 0.1) is 5.41 Å². The number of rotatable bonds is 7. The number of anilines is 3. The molecular formula is C22H29N5. The van der Waals surface area contributed by atoms with E-state index in [9.17, 15) is 0 Å². The number of aryl methyl sites for hydroxylation is 1. The molecule has 2 saturated heterocycles. The molecule has 2 aliphatic heterocycles. The van der Waals surface area contributed by atoms with Crippen LogP contribution in [-0.2, 0) is 6.42 Å². The molecule has 5 heteroatoms. The van der Waals surface area contributed by atoms with Crippen LogP contribution in [0.5, 0.6) is 0 Å². The zero-order valence-electron chi connectivity index (χ0n) is 16.1. The third kappa shape index (κ3) is 3.65. The summed E-state index contributed by atoms with van der Waals surface area (Å²) in [5.74, 6) is 0. The van der Waals surface area contributed by atoms with E-state index in [-0.39, 0.29) is 0 Å². The lowest BCUT2D eigenvalue weighted by Gasteiger charge is -2.62. The van der Waals surface area contributed by atoms with E-state index in [1.54, 1.807) is 6.20 Å². The summed E-state index contributed by atoms with van der Waals surface area (Å²) in [5.41, 5.74) is 10.9. The van der Waals surface area contributed by atoms with E-state index >= 15 is 0 Å². The largest absolute Gasteiger partial charge is 0.399 e. The van der Waals surface area contributed by atoms with Gasteiger partial charge in [-0.05, 0) is 61.9 Å². The number of nitrogens with two attached hydrogens (primary N) is 1. The molecule has 1 atom stereocenters. The zero-order chi connectivity index (χ0) is 18.9.